The second kappa shape index (κ2) is 11.9. The van der Waals surface area contributed by atoms with Gasteiger partial charge in [-0.15, -0.1) is 0 Å². The summed E-state index contributed by atoms with van der Waals surface area (Å²) in [5, 5.41) is 2.56. The Morgan fingerprint density at radius 3 is 2.49 bits per heavy atom. The second-order valence-corrected chi connectivity index (χ2v) is 7.94. The van der Waals surface area contributed by atoms with Crippen LogP contribution in [0.15, 0.2) is 47.1 Å². The average molecular weight is 483 g/mol. The van der Waals surface area contributed by atoms with Crippen LogP contribution in [0.25, 0.3) is 0 Å². The van der Waals surface area contributed by atoms with E-state index in [1.54, 1.807) is 20.3 Å². The minimum Gasteiger partial charge on any atom is -0.493 e. The number of amides is 1. The topological polar surface area (TPSA) is 109 Å². The summed E-state index contributed by atoms with van der Waals surface area (Å²) < 4.78 is 22.8. The maximum atomic E-state index is 12.7. The van der Waals surface area contributed by atoms with Crippen LogP contribution in [-0.4, -0.2) is 49.6 Å². The summed E-state index contributed by atoms with van der Waals surface area (Å²) >= 11 is 0. The van der Waals surface area contributed by atoms with Gasteiger partial charge >= 0.3 is 5.97 Å². The average Bonchev–Trinajstić information content (AvgIpc) is 3.49. The largest absolute Gasteiger partial charge is 0.493 e. The highest BCUT2D eigenvalue weighted by atomic mass is 16.5. The van der Waals surface area contributed by atoms with Crippen LogP contribution in [0.4, 0.5) is 0 Å². The van der Waals surface area contributed by atoms with Crippen LogP contribution in [0.3, 0.4) is 0 Å². The highest BCUT2D eigenvalue weighted by molar-refractivity contribution is 5.99. The first kappa shape index (κ1) is 25.6. The molecule has 3 aromatic rings. The number of aryl methyl sites for hydroxylation is 2. The Bertz CT molecular complexity index is 1180. The van der Waals surface area contributed by atoms with Gasteiger partial charge in [0.15, 0.2) is 23.9 Å². The van der Waals surface area contributed by atoms with Crippen molar-refractivity contribution in [2.45, 2.75) is 33.2 Å². The van der Waals surface area contributed by atoms with E-state index in [0.29, 0.717) is 23.6 Å². The number of ketones is 1. The van der Waals surface area contributed by atoms with E-state index in [1.807, 2.05) is 38.1 Å². The van der Waals surface area contributed by atoms with Crippen molar-refractivity contribution in [1.29, 1.82) is 0 Å². The molecule has 9 heteroatoms. The third-order valence-corrected chi connectivity index (χ3v) is 5.67. The van der Waals surface area contributed by atoms with Crippen LogP contribution >= 0.6 is 0 Å². The maximum Gasteiger partial charge on any atom is 0.308 e. The number of nitrogens with one attached hydrogen (secondary N) is 1. The Morgan fingerprint density at radius 2 is 1.80 bits per heavy atom. The third kappa shape index (κ3) is 6.53. The number of esters is 1. The number of furan rings is 1. The van der Waals surface area contributed by atoms with Gasteiger partial charge in [0.25, 0.3) is 5.91 Å². The van der Waals surface area contributed by atoms with Crippen molar-refractivity contribution in [2.75, 3.05) is 27.4 Å². The van der Waals surface area contributed by atoms with Crippen LogP contribution in [0.2, 0.25) is 0 Å². The number of carbonyl (C=O) groups is 3. The van der Waals surface area contributed by atoms with Gasteiger partial charge in [0.2, 0.25) is 5.78 Å². The molecule has 0 atom stereocenters. The second-order valence-electron chi connectivity index (χ2n) is 7.94. The van der Waals surface area contributed by atoms with Crippen molar-refractivity contribution in [1.82, 2.24) is 9.88 Å². The number of carbonyl (C=O) groups excluding carboxylic acids is 3. The molecule has 0 unspecified atom stereocenters. The standard InChI is InChI=1S/C26H30N2O7/c1-17-14-20(18(2)28(17)12-10-19-7-8-22(32-3)24(15-19)33-4)21(29)16-35-25(30)9-11-27-26(31)23-6-5-13-34-23/h5-8,13-15H,9-12,16H2,1-4H3,(H,27,31). The van der Waals surface area contributed by atoms with Crippen molar-refractivity contribution in [3.8, 4) is 11.5 Å². The van der Waals surface area contributed by atoms with Crippen LogP contribution in [0.5, 0.6) is 11.5 Å². The lowest BCUT2D eigenvalue weighted by molar-refractivity contribution is -0.142. The van der Waals surface area contributed by atoms with E-state index >= 15 is 0 Å². The van der Waals surface area contributed by atoms with Gasteiger partial charge < -0.3 is 28.5 Å². The molecule has 1 N–H and O–H groups in total. The minimum absolute atomic E-state index is 0.0515. The maximum absolute atomic E-state index is 12.7. The van der Waals surface area contributed by atoms with E-state index in [1.165, 1.54) is 12.3 Å². The molecule has 2 aromatic heterocycles. The lowest BCUT2D eigenvalue weighted by atomic mass is 10.1. The summed E-state index contributed by atoms with van der Waals surface area (Å²) in [6.07, 6.45) is 2.08. The summed E-state index contributed by atoms with van der Waals surface area (Å²) in [7, 11) is 3.20. The number of methoxy groups -OCH3 is 2. The van der Waals surface area contributed by atoms with Crippen molar-refractivity contribution < 1.29 is 33.0 Å². The fourth-order valence-corrected chi connectivity index (χ4v) is 3.77. The van der Waals surface area contributed by atoms with Gasteiger partial charge in [-0.1, -0.05) is 6.07 Å². The lowest BCUT2D eigenvalue weighted by Crippen LogP contribution is -2.26. The number of Topliss-reactive ketones (excluding diaryl/α,β-unsaturated/α-hetero) is 1. The predicted molar refractivity (Wildman–Crippen MR) is 128 cm³/mol. The molecule has 0 aliphatic rings. The number of hydrogen-bond donors (Lipinski definition) is 1. The quantitative estimate of drug-likeness (QED) is 0.311. The predicted octanol–water partition coefficient (Wildman–Crippen LogP) is 3.50. The molecule has 0 aliphatic carbocycles. The van der Waals surface area contributed by atoms with Gasteiger partial charge in [0, 0.05) is 30.0 Å². The van der Waals surface area contributed by atoms with Gasteiger partial charge in [0.1, 0.15) is 0 Å². The van der Waals surface area contributed by atoms with Crippen molar-refractivity contribution in [2.24, 2.45) is 0 Å². The fraction of sp³-hybridized carbons (Fsp3) is 0.346. The SMILES string of the molecule is COc1ccc(CCn2c(C)cc(C(=O)COC(=O)CCNC(=O)c3ccco3)c2C)cc1OC. The normalized spacial score (nSPS) is 10.6. The third-order valence-electron chi connectivity index (χ3n) is 5.67. The molecule has 186 valence electrons. The zero-order chi connectivity index (χ0) is 25.4. The Labute approximate surface area is 204 Å². The lowest BCUT2D eigenvalue weighted by Gasteiger charge is -2.12. The van der Waals surface area contributed by atoms with Crippen LogP contribution in [0.1, 0.15) is 44.3 Å². The summed E-state index contributed by atoms with van der Waals surface area (Å²) in [5.74, 6) is 0.245. The molecule has 9 nitrogen and oxygen atoms in total. The Hall–Kier alpha value is -4.01. The van der Waals surface area contributed by atoms with Crippen molar-refractivity contribution >= 4 is 17.7 Å². The van der Waals surface area contributed by atoms with Crippen LogP contribution in [0, 0.1) is 13.8 Å². The molecule has 1 amide bonds. The van der Waals surface area contributed by atoms with E-state index in [0.717, 1.165) is 23.4 Å². The van der Waals surface area contributed by atoms with Gasteiger partial charge in [-0.2, -0.15) is 0 Å². The number of hydrogen-bond acceptors (Lipinski definition) is 7. The molecule has 0 saturated heterocycles. The molecular formula is C26H30N2O7. The smallest absolute Gasteiger partial charge is 0.308 e. The highest BCUT2D eigenvalue weighted by Gasteiger charge is 2.18. The highest BCUT2D eigenvalue weighted by Crippen LogP contribution is 2.28. The molecule has 3 rings (SSSR count). The first-order valence-corrected chi connectivity index (χ1v) is 11.2. The number of ether oxygens (including phenoxy) is 3. The molecular weight excluding hydrogens is 452 g/mol. The van der Waals surface area contributed by atoms with E-state index in [2.05, 4.69) is 9.88 Å². The molecule has 1 aromatic carbocycles. The van der Waals surface area contributed by atoms with E-state index in [4.69, 9.17) is 18.6 Å². The Balaban J connectivity index is 1.50. The minimum atomic E-state index is -0.569. The first-order chi connectivity index (χ1) is 16.8. The van der Waals surface area contributed by atoms with Crippen LogP contribution in [-0.2, 0) is 22.5 Å². The Morgan fingerprint density at radius 1 is 1.03 bits per heavy atom. The Kier molecular flexibility index (Phi) is 8.72. The molecule has 0 bridgehead atoms. The fourth-order valence-electron chi connectivity index (χ4n) is 3.77. The van der Waals surface area contributed by atoms with E-state index in [9.17, 15) is 14.4 Å². The zero-order valence-electron chi connectivity index (χ0n) is 20.4. The van der Waals surface area contributed by atoms with Gasteiger partial charge in [-0.25, -0.2) is 0 Å². The summed E-state index contributed by atoms with van der Waals surface area (Å²) in [4.78, 5) is 36.5. The zero-order valence-corrected chi connectivity index (χ0v) is 20.4. The molecule has 0 saturated carbocycles. The number of aromatic nitrogens is 1. The van der Waals surface area contributed by atoms with E-state index < -0.39 is 11.9 Å². The molecule has 0 fully saturated rings. The van der Waals surface area contributed by atoms with Gasteiger partial charge in [-0.3, -0.25) is 14.4 Å². The van der Waals surface area contributed by atoms with Crippen molar-refractivity contribution in [3.63, 3.8) is 0 Å². The molecule has 0 radical (unpaired) electrons. The summed E-state index contributed by atoms with van der Waals surface area (Å²) in [5.41, 5.74) is 3.36. The van der Waals surface area contributed by atoms with Crippen molar-refractivity contribution in [3.05, 3.63) is 70.9 Å². The molecule has 2 heterocycles. The monoisotopic (exact) mass is 482 g/mol. The van der Waals surface area contributed by atoms with Gasteiger partial charge in [-0.05, 0) is 56.2 Å². The molecule has 0 spiro atoms. The first-order valence-electron chi connectivity index (χ1n) is 11.2. The van der Waals surface area contributed by atoms with Gasteiger partial charge in [0.05, 0.1) is 26.9 Å². The molecule has 35 heavy (non-hydrogen) atoms. The number of nitrogens with zero attached hydrogens (tertiary/aromatic N) is 1. The number of benzene rings is 1. The number of rotatable bonds is 12. The summed E-state index contributed by atoms with van der Waals surface area (Å²) in [6, 6.07) is 10.7. The summed E-state index contributed by atoms with van der Waals surface area (Å²) in [6.45, 7) is 4.21. The van der Waals surface area contributed by atoms with Crippen LogP contribution < -0.4 is 14.8 Å². The van der Waals surface area contributed by atoms with E-state index in [-0.39, 0.29) is 31.1 Å². The molecule has 0 aliphatic heterocycles.